The first-order valence-corrected chi connectivity index (χ1v) is 7.12. The van der Waals surface area contributed by atoms with Crippen molar-refractivity contribution in [1.82, 2.24) is 9.80 Å². The maximum absolute atomic E-state index is 12.6. The third-order valence-electron chi connectivity index (χ3n) is 4.70. The van der Waals surface area contributed by atoms with Crippen LogP contribution in [0.5, 0.6) is 0 Å². The summed E-state index contributed by atoms with van der Waals surface area (Å²) in [6.07, 6.45) is 1.35. The van der Waals surface area contributed by atoms with Crippen LogP contribution in [0.15, 0.2) is 0 Å². The number of carboxylic acids is 1. The van der Waals surface area contributed by atoms with Crippen LogP contribution in [0, 0.1) is 17.8 Å². The predicted octanol–water partition coefficient (Wildman–Crippen LogP) is 0.896. The van der Waals surface area contributed by atoms with E-state index in [1.807, 2.05) is 11.8 Å². The molecule has 2 unspecified atom stereocenters. The molecule has 19 heavy (non-hydrogen) atoms. The molecule has 2 aliphatic rings. The third-order valence-corrected chi connectivity index (χ3v) is 4.70. The Labute approximate surface area is 114 Å². The van der Waals surface area contributed by atoms with Crippen molar-refractivity contribution >= 4 is 11.9 Å². The summed E-state index contributed by atoms with van der Waals surface area (Å²) >= 11 is 0. The molecule has 1 aliphatic carbocycles. The molecule has 1 amide bonds. The van der Waals surface area contributed by atoms with E-state index in [2.05, 4.69) is 18.9 Å². The molecule has 0 aromatic carbocycles. The number of piperazine rings is 1. The molecule has 2 fully saturated rings. The first kappa shape index (κ1) is 14.3. The van der Waals surface area contributed by atoms with Crippen LogP contribution < -0.4 is 0 Å². The van der Waals surface area contributed by atoms with E-state index in [0.717, 1.165) is 19.5 Å². The fourth-order valence-electron chi connectivity index (χ4n) is 3.32. The van der Waals surface area contributed by atoms with Gasteiger partial charge in [0, 0.05) is 25.7 Å². The Morgan fingerprint density at radius 1 is 1.11 bits per heavy atom. The second-order valence-electron chi connectivity index (χ2n) is 6.24. The Bertz CT molecular complexity index is 372. The second kappa shape index (κ2) is 5.49. The molecule has 1 saturated heterocycles. The van der Waals surface area contributed by atoms with E-state index in [9.17, 15) is 14.7 Å². The van der Waals surface area contributed by atoms with Crippen LogP contribution in [0.2, 0.25) is 0 Å². The van der Waals surface area contributed by atoms with Crippen molar-refractivity contribution in [3.8, 4) is 0 Å². The van der Waals surface area contributed by atoms with Crippen molar-refractivity contribution in [2.24, 2.45) is 17.8 Å². The van der Waals surface area contributed by atoms with Crippen LogP contribution in [0.1, 0.15) is 26.7 Å². The highest BCUT2D eigenvalue weighted by molar-refractivity contribution is 5.85. The number of hydrogen-bond donors (Lipinski definition) is 1. The lowest BCUT2D eigenvalue weighted by Gasteiger charge is -2.39. The molecule has 0 aromatic heterocycles. The summed E-state index contributed by atoms with van der Waals surface area (Å²) in [4.78, 5) is 27.9. The number of carbonyl (C=O) groups excluding carboxylic acids is 1. The maximum Gasteiger partial charge on any atom is 0.307 e. The van der Waals surface area contributed by atoms with Crippen molar-refractivity contribution in [1.29, 1.82) is 0 Å². The SMILES string of the molecule is CC1C[C@H](C(=O)N2CCN(C)C(C)C2)[C@H](C(=O)O)C1. The second-order valence-corrected chi connectivity index (χ2v) is 6.24. The van der Waals surface area contributed by atoms with Gasteiger partial charge in [-0.05, 0) is 32.7 Å². The van der Waals surface area contributed by atoms with Gasteiger partial charge in [-0.25, -0.2) is 0 Å². The number of rotatable bonds is 2. The number of carbonyl (C=O) groups is 2. The summed E-state index contributed by atoms with van der Waals surface area (Å²) in [6, 6.07) is 0.347. The number of carboxylic acid groups (broad SMARTS) is 1. The normalized spacial score (nSPS) is 36.5. The third kappa shape index (κ3) is 2.91. The van der Waals surface area contributed by atoms with Crippen molar-refractivity contribution in [3.63, 3.8) is 0 Å². The van der Waals surface area contributed by atoms with E-state index in [4.69, 9.17) is 0 Å². The van der Waals surface area contributed by atoms with Gasteiger partial charge < -0.3 is 14.9 Å². The minimum absolute atomic E-state index is 0.0525. The zero-order valence-electron chi connectivity index (χ0n) is 12.0. The maximum atomic E-state index is 12.6. The van der Waals surface area contributed by atoms with Crippen molar-refractivity contribution in [2.75, 3.05) is 26.7 Å². The summed E-state index contributed by atoms with van der Waals surface area (Å²) in [7, 11) is 2.06. The Morgan fingerprint density at radius 2 is 1.74 bits per heavy atom. The van der Waals surface area contributed by atoms with Gasteiger partial charge in [-0.1, -0.05) is 6.92 Å². The first-order chi connectivity index (χ1) is 8.90. The van der Waals surface area contributed by atoms with Crippen LogP contribution in [0.25, 0.3) is 0 Å². The Balaban J connectivity index is 2.04. The van der Waals surface area contributed by atoms with Gasteiger partial charge in [0.05, 0.1) is 11.8 Å². The standard InChI is InChI=1S/C14H24N2O3/c1-9-6-11(12(7-9)14(18)19)13(17)16-5-4-15(3)10(2)8-16/h9-12H,4-8H2,1-3H3,(H,18,19)/t9?,10?,11-,12+/m0/s1. The monoisotopic (exact) mass is 268 g/mol. The van der Waals surface area contributed by atoms with E-state index >= 15 is 0 Å². The highest BCUT2D eigenvalue weighted by atomic mass is 16.4. The minimum atomic E-state index is -0.815. The van der Waals surface area contributed by atoms with Gasteiger partial charge in [0.25, 0.3) is 0 Å². The highest BCUT2D eigenvalue weighted by Crippen LogP contribution is 2.37. The van der Waals surface area contributed by atoms with E-state index in [1.165, 1.54) is 0 Å². The average Bonchev–Trinajstić information content (AvgIpc) is 2.74. The molecular formula is C14H24N2O3. The quantitative estimate of drug-likeness (QED) is 0.808. The summed E-state index contributed by atoms with van der Waals surface area (Å²) in [5.74, 6) is -1.23. The Morgan fingerprint density at radius 3 is 2.32 bits per heavy atom. The first-order valence-electron chi connectivity index (χ1n) is 7.12. The molecule has 5 nitrogen and oxygen atoms in total. The summed E-state index contributed by atoms with van der Waals surface area (Å²) in [5.41, 5.74) is 0. The number of aliphatic carboxylic acids is 1. The molecule has 1 aliphatic heterocycles. The lowest BCUT2D eigenvalue weighted by Crippen LogP contribution is -2.53. The topological polar surface area (TPSA) is 60.9 Å². The number of amides is 1. The highest BCUT2D eigenvalue weighted by Gasteiger charge is 2.43. The Hall–Kier alpha value is -1.10. The van der Waals surface area contributed by atoms with Gasteiger partial charge in [0.2, 0.25) is 5.91 Å². The molecule has 108 valence electrons. The fourth-order valence-corrected chi connectivity index (χ4v) is 3.32. The molecule has 1 heterocycles. The lowest BCUT2D eigenvalue weighted by molar-refractivity contribution is -0.150. The largest absolute Gasteiger partial charge is 0.481 e. The zero-order valence-corrected chi connectivity index (χ0v) is 12.0. The fraction of sp³-hybridized carbons (Fsp3) is 0.857. The van der Waals surface area contributed by atoms with Crippen molar-refractivity contribution < 1.29 is 14.7 Å². The van der Waals surface area contributed by atoms with Crippen LogP contribution >= 0.6 is 0 Å². The van der Waals surface area contributed by atoms with Crippen LogP contribution in [-0.2, 0) is 9.59 Å². The van der Waals surface area contributed by atoms with Gasteiger partial charge in [-0.3, -0.25) is 9.59 Å². The molecule has 0 aromatic rings. The summed E-state index contributed by atoms with van der Waals surface area (Å²) in [5, 5.41) is 9.26. The molecule has 4 atom stereocenters. The van der Waals surface area contributed by atoms with Gasteiger partial charge >= 0.3 is 5.97 Å². The van der Waals surface area contributed by atoms with E-state index in [1.54, 1.807) is 0 Å². The van der Waals surface area contributed by atoms with Crippen molar-refractivity contribution in [2.45, 2.75) is 32.7 Å². The van der Waals surface area contributed by atoms with E-state index < -0.39 is 11.9 Å². The summed E-state index contributed by atoms with van der Waals surface area (Å²) in [6.45, 7) is 6.44. The molecular weight excluding hydrogens is 244 g/mol. The van der Waals surface area contributed by atoms with Gasteiger partial charge in [-0.2, -0.15) is 0 Å². The predicted molar refractivity (Wildman–Crippen MR) is 71.7 cm³/mol. The minimum Gasteiger partial charge on any atom is -0.481 e. The number of hydrogen-bond acceptors (Lipinski definition) is 3. The Kier molecular flexibility index (Phi) is 4.13. The molecule has 0 radical (unpaired) electrons. The molecule has 2 rings (SSSR count). The van der Waals surface area contributed by atoms with Gasteiger partial charge in [0.1, 0.15) is 0 Å². The lowest BCUT2D eigenvalue weighted by atomic mass is 9.94. The van der Waals surface area contributed by atoms with Gasteiger partial charge in [-0.15, -0.1) is 0 Å². The summed E-state index contributed by atoms with van der Waals surface area (Å²) < 4.78 is 0. The molecule has 1 saturated carbocycles. The molecule has 0 bridgehead atoms. The number of nitrogens with zero attached hydrogens (tertiary/aromatic N) is 2. The van der Waals surface area contributed by atoms with Gasteiger partial charge in [0.15, 0.2) is 0 Å². The van der Waals surface area contributed by atoms with E-state index in [-0.39, 0.29) is 11.8 Å². The van der Waals surface area contributed by atoms with Crippen molar-refractivity contribution in [3.05, 3.63) is 0 Å². The van der Waals surface area contributed by atoms with Crippen LogP contribution in [-0.4, -0.2) is 59.5 Å². The molecule has 5 heteroatoms. The smallest absolute Gasteiger partial charge is 0.307 e. The average molecular weight is 268 g/mol. The van der Waals surface area contributed by atoms with Crippen LogP contribution in [0.3, 0.4) is 0 Å². The zero-order chi connectivity index (χ0) is 14.2. The number of likely N-dealkylation sites (N-methyl/N-ethyl adjacent to an activating group) is 1. The van der Waals surface area contributed by atoms with E-state index in [0.29, 0.717) is 24.9 Å². The molecule has 0 spiro atoms. The molecule has 1 N–H and O–H groups in total. The van der Waals surface area contributed by atoms with Crippen LogP contribution in [0.4, 0.5) is 0 Å².